The minimum Gasteiger partial charge on any atom is -0.355 e. The maximum absolute atomic E-state index is 12.3. The van der Waals surface area contributed by atoms with Gasteiger partial charge in [-0.15, -0.1) is 0 Å². The Bertz CT molecular complexity index is 674. The summed E-state index contributed by atoms with van der Waals surface area (Å²) in [5.74, 6) is 0.387. The predicted molar refractivity (Wildman–Crippen MR) is 80.8 cm³/mol. The maximum atomic E-state index is 12.3. The molecule has 3 heterocycles. The molecule has 4 rings (SSSR count). The Morgan fingerprint density at radius 3 is 3.24 bits per heavy atom. The van der Waals surface area contributed by atoms with Gasteiger partial charge in [0.1, 0.15) is 5.65 Å². The number of H-pyrrole nitrogens is 1. The van der Waals surface area contributed by atoms with Gasteiger partial charge in [-0.25, -0.2) is 4.98 Å². The summed E-state index contributed by atoms with van der Waals surface area (Å²) in [4.78, 5) is 19.8. The van der Waals surface area contributed by atoms with E-state index in [0.29, 0.717) is 6.54 Å². The van der Waals surface area contributed by atoms with Gasteiger partial charge in [0.15, 0.2) is 0 Å². The normalized spacial score (nSPS) is 22.8. The molecule has 5 nitrogen and oxygen atoms in total. The van der Waals surface area contributed by atoms with Crippen molar-refractivity contribution in [1.29, 1.82) is 0 Å². The van der Waals surface area contributed by atoms with Crippen molar-refractivity contribution in [2.24, 2.45) is 11.3 Å². The van der Waals surface area contributed by atoms with Crippen molar-refractivity contribution in [2.75, 3.05) is 19.6 Å². The van der Waals surface area contributed by atoms with Crippen LogP contribution >= 0.6 is 0 Å². The molecule has 2 aliphatic rings. The highest BCUT2D eigenvalue weighted by Crippen LogP contribution is 2.53. The van der Waals surface area contributed by atoms with Crippen LogP contribution in [0.25, 0.3) is 11.0 Å². The number of aromatic nitrogens is 2. The van der Waals surface area contributed by atoms with E-state index in [9.17, 15) is 4.79 Å². The van der Waals surface area contributed by atoms with Gasteiger partial charge in [0.2, 0.25) is 5.91 Å². The molecule has 2 fully saturated rings. The first kappa shape index (κ1) is 12.8. The van der Waals surface area contributed by atoms with Crippen LogP contribution in [0.4, 0.5) is 0 Å². The molecule has 110 valence electrons. The zero-order valence-electron chi connectivity index (χ0n) is 12.0. The van der Waals surface area contributed by atoms with Gasteiger partial charge in [-0.1, -0.05) is 0 Å². The van der Waals surface area contributed by atoms with E-state index in [1.54, 1.807) is 6.20 Å². The number of fused-ring (bicyclic) bond motifs is 1. The van der Waals surface area contributed by atoms with Crippen LogP contribution in [0.5, 0.6) is 0 Å². The first-order chi connectivity index (χ1) is 10.3. The predicted octanol–water partition coefficient (Wildman–Crippen LogP) is 1.22. The van der Waals surface area contributed by atoms with Gasteiger partial charge in [-0.2, -0.15) is 0 Å². The molecule has 1 aliphatic heterocycles. The molecule has 1 amide bonds. The largest absolute Gasteiger partial charge is 0.355 e. The van der Waals surface area contributed by atoms with E-state index < -0.39 is 0 Å². The molecule has 1 unspecified atom stereocenters. The summed E-state index contributed by atoms with van der Waals surface area (Å²) in [5.41, 5.74) is 2.41. The zero-order chi connectivity index (χ0) is 14.3. The number of amides is 1. The highest BCUT2D eigenvalue weighted by atomic mass is 16.2. The number of hydrogen-bond acceptors (Lipinski definition) is 3. The summed E-state index contributed by atoms with van der Waals surface area (Å²) in [7, 11) is 0. The Labute approximate surface area is 123 Å². The highest BCUT2D eigenvalue weighted by Gasteiger charge is 2.54. The van der Waals surface area contributed by atoms with E-state index in [1.165, 1.54) is 18.4 Å². The standard InChI is InChI=1S/C16H20N4O/c21-15(13-9-17-10-16(13)4-5-16)19-7-3-11-8-20-14-12(11)2-1-6-18-14/h1-2,6,8,13,17H,3-5,7,9-10H2,(H,18,20)(H,19,21). The average molecular weight is 284 g/mol. The van der Waals surface area contributed by atoms with Crippen LogP contribution < -0.4 is 10.6 Å². The highest BCUT2D eigenvalue weighted by molar-refractivity contribution is 5.81. The first-order valence-electron chi connectivity index (χ1n) is 7.68. The van der Waals surface area contributed by atoms with Crippen LogP contribution in [-0.2, 0) is 11.2 Å². The molecule has 0 radical (unpaired) electrons. The van der Waals surface area contributed by atoms with Gasteiger partial charge in [-0.05, 0) is 42.4 Å². The molecule has 3 N–H and O–H groups in total. The molecule has 1 saturated carbocycles. The van der Waals surface area contributed by atoms with Crippen molar-refractivity contribution >= 4 is 16.9 Å². The minimum absolute atomic E-state index is 0.169. The molecular weight excluding hydrogens is 264 g/mol. The van der Waals surface area contributed by atoms with Gasteiger partial charge < -0.3 is 15.6 Å². The Morgan fingerprint density at radius 1 is 1.48 bits per heavy atom. The summed E-state index contributed by atoms with van der Waals surface area (Å²) < 4.78 is 0. The fourth-order valence-electron chi connectivity index (χ4n) is 3.52. The van der Waals surface area contributed by atoms with E-state index in [-0.39, 0.29) is 17.2 Å². The van der Waals surface area contributed by atoms with Crippen molar-refractivity contribution < 1.29 is 4.79 Å². The molecule has 0 aromatic carbocycles. The number of nitrogens with one attached hydrogen (secondary N) is 3. The Kier molecular flexibility index (Phi) is 2.96. The van der Waals surface area contributed by atoms with Crippen molar-refractivity contribution in [3.8, 4) is 0 Å². The number of hydrogen-bond donors (Lipinski definition) is 3. The fraction of sp³-hybridized carbons (Fsp3) is 0.500. The van der Waals surface area contributed by atoms with Crippen molar-refractivity contribution in [3.63, 3.8) is 0 Å². The van der Waals surface area contributed by atoms with Crippen LogP contribution in [0.3, 0.4) is 0 Å². The van der Waals surface area contributed by atoms with Gasteiger partial charge in [0.25, 0.3) is 0 Å². The Balaban J connectivity index is 1.36. The molecule has 1 atom stereocenters. The molecule has 21 heavy (non-hydrogen) atoms. The summed E-state index contributed by atoms with van der Waals surface area (Å²) in [6.07, 6.45) is 7.01. The minimum atomic E-state index is 0.169. The average Bonchev–Trinajstić information content (AvgIpc) is 2.96. The number of pyridine rings is 1. The number of nitrogens with zero attached hydrogens (tertiary/aromatic N) is 1. The van der Waals surface area contributed by atoms with Gasteiger partial charge in [0.05, 0.1) is 5.92 Å². The molecular formula is C16H20N4O. The first-order valence-corrected chi connectivity index (χ1v) is 7.68. The SMILES string of the molecule is O=C(NCCc1c[nH]c2ncccc12)C1CNCC12CC2. The third-order valence-corrected chi connectivity index (χ3v) is 5.00. The van der Waals surface area contributed by atoms with Crippen LogP contribution in [0, 0.1) is 11.3 Å². The second-order valence-electron chi connectivity index (χ2n) is 6.30. The molecule has 5 heteroatoms. The summed E-state index contributed by atoms with van der Waals surface area (Å²) in [6, 6.07) is 4.01. The van der Waals surface area contributed by atoms with E-state index >= 15 is 0 Å². The van der Waals surface area contributed by atoms with Crippen molar-refractivity contribution in [2.45, 2.75) is 19.3 Å². The topological polar surface area (TPSA) is 69.8 Å². The maximum Gasteiger partial charge on any atom is 0.225 e. The molecule has 2 aromatic heterocycles. The van der Waals surface area contributed by atoms with E-state index in [4.69, 9.17) is 0 Å². The third kappa shape index (κ3) is 2.21. The summed E-state index contributed by atoms with van der Waals surface area (Å²) in [5, 5.41) is 7.62. The number of carbonyl (C=O) groups excluding carboxylic acids is 1. The number of carbonyl (C=O) groups is 1. The lowest BCUT2D eigenvalue weighted by Gasteiger charge is -2.16. The van der Waals surface area contributed by atoms with Gasteiger partial charge >= 0.3 is 0 Å². The van der Waals surface area contributed by atoms with Crippen LogP contribution in [0.1, 0.15) is 18.4 Å². The van der Waals surface area contributed by atoms with Crippen molar-refractivity contribution in [1.82, 2.24) is 20.6 Å². The second-order valence-corrected chi connectivity index (χ2v) is 6.30. The van der Waals surface area contributed by atoms with Gasteiger partial charge in [0, 0.05) is 37.4 Å². The smallest absolute Gasteiger partial charge is 0.225 e. The second kappa shape index (κ2) is 4.84. The Morgan fingerprint density at radius 2 is 2.38 bits per heavy atom. The third-order valence-electron chi connectivity index (χ3n) is 5.00. The lowest BCUT2D eigenvalue weighted by molar-refractivity contribution is -0.125. The lowest BCUT2D eigenvalue weighted by Crippen LogP contribution is -2.36. The molecule has 1 spiro atoms. The summed E-state index contributed by atoms with van der Waals surface area (Å²) >= 11 is 0. The number of rotatable bonds is 4. The van der Waals surface area contributed by atoms with E-state index in [2.05, 4.69) is 26.7 Å². The molecule has 1 aliphatic carbocycles. The van der Waals surface area contributed by atoms with Crippen LogP contribution in [-0.4, -0.2) is 35.5 Å². The quantitative estimate of drug-likeness (QED) is 0.790. The number of aromatic amines is 1. The Hall–Kier alpha value is -1.88. The van der Waals surface area contributed by atoms with Gasteiger partial charge in [-0.3, -0.25) is 4.79 Å². The van der Waals surface area contributed by atoms with E-state index in [1.807, 2.05) is 12.3 Å². The molecule has 2 aromatic rings. The molecule has 0 bridgehead atoms. The van der Waals surface area contributed by atoms with Crippen LogP contribution in [0.2, 0.25) is 0 Å². The van der Waals surface area contributed by atoms with Crippen LogP contribution in [0.15, 0.2) is 24.5 Å². The molecule has 1 saturated heterocycles. The zero-order valence-corrected chi connectivity index (χ0v) is 12.0. The van der Waals surface area contributed by atoms with E-state index in [0.717, 1.165) is 30.5 Å². The van der Waals surface area contributed by atoms with Crippen molar-refractivity contribution in [3.05, 3.63) is 30.1 Å². The summed E-state index contributed by atoms with van der Waals surface area (Å²) in [6.45, 7) is 2.54. The fourth-order valence-corrected chi connectivity index (χ4v) is 3.52. The monoisotopic (exact) mass is 284 g/mol. The lowest BCUT2D eigenvalue weighted by atomic mass is 9.92.